The second-order valence-corrected chi connectivity index (χ2v) is 5.42. The number of nitrogens with zero attached hydrogens (tertiary/aromatic N) is 4. The number of rotatable bonds is 3. The average molecular weight is 308 g/mol. The summed E-state index contributed by atoms with van der Waals surface area (Å²) in [6, 6.07) is 7.25. The van der Waals surface area contributed by atoms with Gasteiger partial charge in [0.2, 0.25) is 5.91 Å². The molecule has 3 N–H and O–H groups in total. The fraction of sp³-hybridized carbons (Fsp3) is 0.250. The third kappa shape index (κ3) is 3.37. The van der Waals surface area contributed by atoms with Crippen molar-refractivity contribution < 1.29 is 4.79 Å². The fourth-order valence-corrected chi connectivity index (χ4v) is 2.60. The van der Waals surface area contributed by atoms with Crippen LogP contribution >= 0.6 is 0 Å². The summed E-state index contributed by atoms with van der Waals surface area (Å²) in [4.78, 5) is 22.0. The quantitative estimate of drug-likeness (QED) is 0.831. The Morgan fingerprint density at radius 1 is 1.30 bits per heavy atom. The Morgan fingerprint density at radius 2 is 2.04 bits per heavy atom. The van der Waals surface area contributed by atoms with Crippen molar-refractivity contribution >= 4 is 17.5 Å². The minimum atomic E-state index is -0.184. The standard InChI is InChI=1S/C16H16N6O/c17-10-22-6-3-13(9-22)16(23)21-15-8-12(2-5-20-15)11-1-4-19-14(18)7-11/h1-2,4-5,7-8,13H,3,6,9H2,(H2,18,19)(H,20,21,23)/t13-/m0/s1. The highest BCUT2D eigenvalue weighted by Gasteiger charge is 2.27. The number of carbonyl (C=O) groups is 1. The van der Waals surface area contributed by atoms with Crippen LogP contribution in [-0.4, -0.2) is 33.9 Å². The maximum atomic E-state index is 12.3. The molecule has 0 aromatic carbocycles. The Kier molecular flexibility index (Phi) is 4.06. The Balaban J connectivity index is 1.73. The van der Waals surface area contributed by atoms with Crippen molar-refractivity contribution in [3.63, 3.8) is 0 Å². The lowest BCUT2D eigenvalue weighted by Crippen LogP contribution is -2.25. The molecule has 7 heteroatoms. The van der Waals surface area contributed by atoms with Gasteiger partial charge in [0, 0.05) is 25.5 Å². The molecule has 1 saturated heterocycles. The van der Waals surface area contributed by atoms with E-state index < -0.39 is 0 Å². The minimum Gasteiger partial charge on any atom is -0.384 e. The number of pyridine rings is 2. The highest BCUT2D eigenvalue weighted by molar-refractivity contribution is 5.92. The first kappa shape index (κ1) is 14.8. The number of carbonyl (C=O) groups excluding carboxylic acids is 1. The maximum Gasteiger partial charge on any atom is 0.230 e. The molecule has 1 aliphatic rings. The molecule has 0 bridgehead atoms. The number of nitrogens with one attached hydrogen (secondary N) is 1. The van der Waals surface area contributed by atoms with Gasteiger partial charge in [-0.3, -0.25) is 4.79 Å². The molecule has 7 nitrogen and oxygen atoms in total. The molecule has 0 radical (unpaired) electrons. The van der Waals surface area contributed by atoms with Crippen LogP contribution in [0.3, 0.4) is 0 Å². The highest BCUT2D eigenvalue weighted by Crippen LogP contribution is 2.23. The summed E-state index contributed by atoms with van der Waals surface area (Å²) in [6.45, 7) is 1.08. The molecule has 3 heterocycles. The lowest BCUT2D eigenvalue weighted by Gasteiger charge is -2.11. The summed E-state index contributed by atoms with van der Waals surface area (Å²) >= 11 is 0. The third-order valence-corrected chi connectivity index (χ3v) is 3.83. The SMILES string of the molecule is N#CN1CC[C@H](C(=O)Nc2cc(-c3ccnc(N)c3)ccn2)C1. The van der Waals surface area contributed by atoms with E-state index in [2.05, 4.69) is 21.5 Å². The molecule has 1 aliphatic heterocycles. The van der Waals surface area contributed by atoms with Crippen molar-refractivity contribution in [2.75, 3.05) is 24.1 Å². The topological polar surface area (TPSA) is 108 Å². The first-order valence-electron chi connectivity index (χ1n) is 7.29. The van der Waals surface area contributed by atoms with Crippen LogP contribution in [0.2, 0.25) is 0 Å². The monoisotopic (exact) mass is 308 g/mol. The molecule has 3 rings (SSSR count). The normalized spacial score (nSPS) is 16.8. The summed E-state index contributed by atoms with van der Waals surface area (Å²) < 4.78 is 0. The molecular formula is C16H16N6O. The van der Waals surface area contributed by atoms with E-state index >= 15 is 0 Å². The second-order valence-electron chi connectivity index (χ2n) is 5.42. The van der Waals surface area contributed by atoms with Crippen LogP contribution in [0.5, 0.6) is 0 Å². The summed E-state index contributed by atoms with van der Waals surface area (Å²) in [6.07, 6.45) is 6.02. The second kappa shape index (κ2) is 6.32. The molecule has 0 aliphatic carbocycles. The van der Waals surface area contributed by atoms with Crippen LogP contribution < -0.4 is 11.1 Å². The van der Waals surface area contributed by atoms with E-state index in [9.17, 15) is 4.79 Å². The van der Waals surface area contributed by atoms with Crippen molar-refractivity contribution in [2.24, 2.45) is 5.92 Å². The van der Waals surface area contributed by atoms with Crippen LogP contribution in [0, 0.1) is 17.4 Å². The first-order chi connectivity index (χ1) is 11.2. The minimum absolute atomic E-state index is 0.110. The van der Waals surface area contributed by atoms with Crippen LogP contribution in [0.25, 0.3) is 11.1 Å². The van der Waals surface area contributed by atoms with Crippen LogP contribution in [0.1, 0.15) is 6.42 Å². The van der Waals surface area contributed by atoms with Crippen molar-refractivity contribution in [1.29, 1.82) is 5.26 Å². The molecule has 2 aromatic heterocycles. The van der Waals surface area contributed by atoms with E-state index in [-0.39, 0.29) is 11.8 Å². The summed E-state index contributed by atoms with van der Waals surface area (Å²) in [7, 11) is 0. The van der Waals surface area contributed by atoms with Crippen molar-refractivity contribution in [1.82, 2.24) is 14.9 Å². The summed E-state index contributed by atoms with van der Waals surface area (Å²) in [5.41, 5.74) is 7.50. The number of likely N-dealkylation sites (tertiary alicyclic amines) is 1. The molecule has 1 atom stereocenters. The highest BCUT2D eigenvalue weighted by atomic mass is 16.2. The Bertz CT molecular complexity index is 769. The number of hydrogen-bond acceptors (Lipinski definition) is 6. The molecule has 1 amide bonds. The number of nitriles is 1. The number of hydrogen-bond donors (Lipinski definition) is 2. The lowest BCUT2D eigenvalue weighted by molar-refractivity contribution is -0.119. The molecule has 2 aromatic rings. The van der Waals surface area contributed by atoms with E-state index in [1.165, 1.54) is 0 Å². The number of amides is 1. The Labute approximate surface area is 133 Å². The van der Waals surface area contributed by atoms with Gasteiger partial charge in [0.25, 0.3) is 0 Å². The molecule has 1 fully saturated rings. The van der Waals surface area contributed by atoms with E-state index in [1.807, 2.05) is 12.1 Å². The Hall–Kier alpha value is -3.14. The van der Waals surface area contributed by atoms with Gasteiger partial charge in [-0.2, -0.15) is 5.26 Å². The predicted octanol–water partition coefficient (Wildman–Crippen LogP) is 1.47. The number of nitrogens with two attached hydrogens (primary N) is 1. The van der Waals surface area contributed by atoms with Gasteiger partial charge in [0.05, 0.1) is 5.92 Å². The van der Waals surface area contributed by atoms with Crippen molar-refractivity contribution in [3.05, 3.63) is 36.7 Å². The molecule has 23 heavy (non-hydrogen) atoms. The predicted molar refractivity (Wildman–Crippen MR) is 85.8 cm³/mol. The zero-order chi connectivity index (χ0) is 16.2. The number of anilines is 2. The molecular weight excluding hydrogens is 292 g/mol. The van der Waals surface area contributed by atoms with E-state index in [1.54, 1.807) is 29.4 Å². The summed E-state index contributed by atoms with van der Waals surface area (Å²) in [5.74, 6) is 0.629. The maximum absolute atomic E-state index is 12.3. The van der Waals surface area contributed by atoms with Gasteiger partial charge in [-0.1, -0.05) is 0 Å². The van der Waals surface area contributed by atoms with E-state index in [0.717, 1.165) is 11.1 Å². The first-order valence-corrected chi connectivity index (χ1v) is 7.29. The third-order valence-electron chi connectivity index (χ3n) is 3.83. The van der Waals surface area contributed by atoms with Gasteiger partial charge in [0.15, 0.2) is 6.19 Å². The molecule has 0 saturated carbocycles. The van der Waals surface area contributed by atoms with E-state index in [0.29, 0.717) is 31.1 Å². The smallest absolute Gasteiger partial charge is 0.230 e. The van der Waals surface area contributed by atoms with Crippen molar-refractivity contribution in [2.45, 2.75) is 6.42 Å². The van der Waals surface area contributed by atoms with Crippen molar-refractivity contribution in [3.8, 4) is 17.3 Å². The number of aromatic nitrogens is 2. The van der Waals surface area contributed by atoms with Crippen LogP contribution in [0.4, 0.5) is 11.6 Å². The Morgan fingerprint density at radius 3 is 2.74 bits per heavy atom. The fourth-order valence-electron chi connectivity index (χ4n) is 2.60. The van der Waals surface area contributed by atoms with Crippen LogP contribution in [0.15, 0.2) is 36.7 Å². The average Bonchev–Trinajstić information content (AvgIpc) is 3.04. The zero-order valence-corrected chi connectivity index (χ0v) is 12.4. The molecule has 116 valence electrons. The zero-order valence-electron chi connectivity index (χ0n) is 12.4. The van der Waals surface area contributed by atoms with Gasteiger partial charge < -0.3 is 16.0 Å². The van der Waals surface area contributed by atoms with Gasteiger partial charge >= 0.3 is 0 Å². The summed E-state index contributed by atoms with van der Waals surface area (Å²) in [5, 5.41) is 11.7. The van der Waals surface area contributed by atoms with Crippen LogP contribution in [-0.2, 0) is 4.79 Å². The van der Waals surface area contributed by atoms with Gasteiger partial charge in [-0.05, 0) is 41.8 Å². The van der Waals surface area contributed by atoms with Gasteiger partial charge in [-0.15, -0.1) is 0 Å². The number of nitrogen functional groups attached to an aromatic ring is 1. The van der Waals surface area contributed by atoms with Gasteiger partial charge in [-0.25, -0.2) is 9.97 Å². The lowest BCUT2D eigenvalue weighted by atomic mass is 10.1. The molecule has 0 spiro atoms. The largest absolute Gasteiger partial charge is 0.384 e. The molecule has 0 unspecified atom stereocenters. The van der Waals surface area contributed by atoms with Gasteiger partial charge in [0.1, 0.15) is 11.6 Å². The van der Waals surface area contributed by atoms with E-state index in [4.69, 9.17) is 11.0 Å².